The fourth-order valence-electron chi connectivity index (χ4n) is 3.08. The van der Waals surface area contributed by atoms with Crippen molar-refractivity contribution in [3.05, 3.63) is 96.1 Å². The van der Waals surface area contributed by atoms with Gasteiger partial charge in [0.25, 0.3) is 0 Å². The number of thioether (sulfide) groups is 1. The van der Waals surface area contributed by atoms with E-state index in [2.05, 4.69) is 0 Å². The van der Waals surface area contributed by atoms with Crippen molar-refractivity contribution in [3.8, 4) is 11.1 Å². The highest BCUT2D eigenvalue weighted by Gasteiger charge is 2.21. The minimum absolute atomic E-state index is 0.117. The molecule has 3 aromatic carbocycles. The molecule has 1 N–H and O–H groups in total. The number of hydrogen-bond acceptors (Lipinski definition) is 4. The number of rotatable bonds is 8. The van der Waals surface area contributed by atoms with Crippen LogP contribution in [0.15, 0.2) is 84.9 Å². The molecule has 1 unspecified atom stereocenters. The Morgan fingerprint density at radius 2 is 1.48 bits per heavy atom. The maximum Gasteiger partial charge on any atom is 0.367 e. The molecule has 0 saturated carbocycles. The maximum atomic E-state index is 12.3. The molecule has 3 rings (SSSR count). The second-order valence-corrected chi connectivity index (χ2v) is 7.82. The van der Waals surface area contributed by atoms with Crippen LogP contribution < -0.4 is 0 Å². The normalized spacial score (nSPS) is 11.6. The number of aliphatic carboxylic acids is 1. The number of carboxylic acid groups (broad SMARTS) is 1. The zero-order chi connectivity index (χ0) is 20.5. The molecule has 5 heteroatoms. The molecule has 0 bridgehead atoms. The highest BCUT2D eigenvalue weighted by molar-refractivity contribution is 8.13. The van der Waals surface area contributed by atoms with Crippen molar-refractivity contribution >= 4 is 23.0 Å². The third-order valence-corrected chi connectivity index (χ3v) is 5.39. The summed E-state index contributed by atoms with van der Waals surface area (Å²) in [6.07, 6.45) is 0.344. The molecule has 1 atom stereocenters. The molecule has 0 aliphatic heterocycles. The van der Waals surface area contributed by atoms with Crippen molar-refractivity contribution in [2.45, 2.75) is 24.7 Å². The summed E-state index contributed by atoms with van der Waals surface area (Å²) in [6, 6.07) is 27.2. The Balaban J connectivity index is 1.70. The molecule has 0 spiro atoms. The zero-order valence-corrected chi connectivity index (χ0v) is 16.7. The molecule has 0 radical (unpaired) electrons. The van der Waals surface area contributed by atoms with Crippen LogP contribution in [0, 0.1) is 0 Å². The van der Waals surface area contributed by atoms with Crippen molar-refractivity contribution < 1.29 is 19.4 Å². The quantitative estimate of drug-likeness (QED) is 0.478. The second-order valence-electron chi connectivity index (χ2n) is 6.59. The van der Waals surface area contributed by atoms with Gasteiger partial charge in [-0.2, -0.15) is 0 Å². The average molecular weight is 407 g/mol. The van der Waals surface area contributed by atoms with E-state index in [1.54, 1.807) is 0 Å². The van der Waals surface area contributed by atoms with Crippen LogP contribution in [-0.4, -0.2) is 21.6 Å². The average Bonchev–Trinajstić information content (AvgIpc) is 2.73. The molecular formula is C24H22O4S. The summed E-state index contributed by atoms with van der Waals surface area (Å²) in [5, 5.41) is 8.43. The molecule has 3 aromatic rings. The molecule has 0 amide bonds. The van der Waals surface area contributed by atoms with E-state index in [9.17, 15) is 14.7 Å². The van der Waals surface area contributed by atoms with Crippen LogP contribution in [0.4, 0.5) is 4.79 Å². The van der Waals surface area contributed by atoms with Crippen LogP contribution in [0.3, 0.4) is 0 Å². The molecule has 148 valence electrons. The summed E-state index contributed by atoms with van der Waals surface area (Å²) in [7, 11) is 0. The molecule has 4 nitrogen and oxygen atoms in total. The minimum Gasteiger partial charge on any atom is -0.481 e. The monoisotopic (exact) mass is 406 g/mol. The van der Waals surface area contributed by atoms with Crippen LogP contribution in [0.25, 0.3) is 11.1 Å². The summed E-state index contributed by atoms with van der Waals surface area (Å²) < 4.78 is 5.32. The molecular weight excluding hydrogens is 384 g/mol. The Morgan fingerprint density at radius 1 is 0.862 bits per heavy atom. The van der Waals surface area contributed by atoms with Crippen molar-refractivity contribution in [3.63, 3.8) is 0 Å². The molecule has 29 heavy (non-hydrogen) atoms. The molecule has 0 saturated heterocycles. The first-order chi connectivity index (χ1) is 14.1. The van der Waals surface area contributed by atoms with Gasteiger partial charge in [-0.3, -0.25) is 4.79 Å². The number of ether oxygens (including phenoxy) is 1. The molecule has 0 aliphatic carbocycles. The van der Waals surface area contributed by atoms with E-state index in [4.69, 9.17) is 4.74 Å². The SMILES string of the molecule is O=C(O)CC(Cc1ccccc1-c1ccccc1)SC(=O)OCc1ccccc1. The highest BCUT2D eigenvalue weighted by Crippen LogP contribution is 2.29. The summed E-state index contributed by atoms with van der Waals surface area (Å²) in [5.74, 6) is -0.935. The van der Waals surface area contributed by atoms with Gasteiger partial charge in [-0.25, -0.2) is 4.79 Å². The zero-order valence-electron chi connectivity index (χ0n) is 15.9. The van der Waals surface area contributed by atoms with Crippen LogP contribution in [0.2, 0.25) is 0 Å². The van der Waals surface area contributed by atoms with Gasteiger partial charge in [0, 0.05) is 5.25 Å². The third kappa shape index (κ3) is 6.50. The van der Waals surface area contributed by atoms with Gasteiger partial charge >= 0.3 is 11.3 Å². The lowest BCUT2D eigenvalue weighted by Crippen LogP contribution is -2.16. The number of carbonyl (C=O) groups is 2. The fraction of sp³-hybridized carbons (Fsp3) is 0.167. The lowest BCUT2D eigenvalue weighted by Gasteiger charge is -2.16. The predicted octanol–water partition coefficient (Wildman–Crippen LogP) is 5.81. The Bertz CT molecular complexity index is 941. The van der Waals surface area contributed by atoms with Crippen molar-refractivity contribution in [2.24, 2.45) is 0 Å². The van der Waals surface area contributed by atoms with E-state index in [0.29, 0.717) is 6.42 Å². The number of carbonyl (C=O) groups excluding carboxylic acids is 1. The van der Waals surface area contributed by atoms with E-state index in [1.807, 2.05) is 84.9 Å². The Labute approximate surface area is 174 Å². The first kappa shape index (κ1) is 20.7. The standard InChI is InChI=1S/C24H22O4S/c25-23(26)16-21(29-24(27)28-17-18-9-3-1-4-10-18)15-20-13-7-8-14-22(20)19-11-5-2-6-12-19/h1-14,21H,15-17H2,(H,25,26). The second kappa shape index (κ2) is 10.5. The summed E-state index contributed by atoms with van der Waals surface area (Å²) in [5.41, 5.74) is 4.01. The topological polar surface area (TPSA) is 63.6 Å². The third-order valence-electron chi connectivity index (χ3n) is 4.41. The predicted molar refractivity (Wildman–Crippen MR) is 116 cm³/mol. The highest BCUT2D eigenvalue weighted by atomic mass is 32.2. The van der Waals surface area contributed by atoms with Gasteiger partial charge in [-0.15, -0.1) is 0 Å². The van der Waals surface area contributed by atoms with Gasteiger partial charge in [0.2, 0.25) is 0 Å². The molecule has 0 fully saturated rings. The van der Waals surface area contributed by atoms with Gasteiger partial charge in [0.1, 0.15) is 6.61 Å². The van der Waals surface area contributed by atoms with Gasteiger partial charge in [0.05, 0.1) is 6.42 Å². The number of carboxylic acids is 1. The number of hydrogen-bond donors (Lipinski definition) is 1. The van der Waals surface area contributed by atoms with E-state index < -0.39 is 16.5 Å². The van der Waals surface area contributed by atoms with E-state index in [-0.39, 0.29) is 13.0 Å². The van der Waals surface area contributed by atoms with E-state index >= 15 is 0 Å². The Morgan fingerprint density at radius 3 is 2.17 bits per heavy atom. The summed E-state index contributed by atoms with van der Waals surface area (Å²) in [6.45, 7) is 0.174. The first-order valence-corrected chi connectivity index (χ1v) is 10.2. The van der Waals surface area contributed by atoms with Crippen LogP contribution in [0.5, 0.6) is 0 Å². The van der Waals surface area contributed by atoms with Crippen molar-refractivity contribution in [2.75, 3.05) is 0 Å². The lowest BCUT2D eigenvalue weighted by molar-refractivity contribution is -0.136. The van der Waals surface area contributed by atoms with Gasteiger partial charge < -0.3 is 9.84 Å². The summed E-state index contributed by atoms with van der Waals surface area (Å²) >= 11 is 0.949. The van der Waals surface area contributed by atoms with Gasteiger partial charge in [-0.05, 0) is 40.4 Å². The van der Waals surface area contributed by atoms with Crippen molar-refractivity contribution in [1.82, 2.24) is 0 Å². The van der Waals surface area contributed by atoms with Crippen LogP contribution in [-0.2, 0) is 22.6 Å². The first-order valence-electron chi connectivity index (χ1n) is 9.34. The fourth-order valence-corrected chi connectivity index (χ4v) is 3.97. The Kier molecular flexibility index (Phi) is 7.47. The molecule has 0 aromatic heterocycles. The van der Waals surface area contributed by atoms with E-state index in [0.717, 1.165) is 34.0 Å². The maximum absolute atomic E-state index is 12.3. The van der Waals surface area contributed by atoms with E-state index in [1.165, 1.54) is 0 Å². The molecule has 0 aliphatic rings. The summed E-state index contributed by atoms with van der Waals surface area (Å²) in [4.78, 5) is 23.7. The van der Waals surface area contributed by atoms with Gasteiger partial charge in [0.15, 0.2) is 0 Å². The van der Waals surface area contributed by atoms with Crippen LogP contribution >= 0.6 is 11.8 Å². The van der Waals surface area contributed by atoms with Crippen molar-refractivity contribution in [1.29, 1.82) is 0 Å². The smallest absolute Gasteiger partial charge is 0.367 e. The Hall–Kier alpha value is -3.05. The number of benzene rings is 3. The largest absolute Gasteiger partial charge is 0.481 e. The minimum atomic E-state index is -0.935. The van der Waals surface area contributed by atoms with Crippen LogP contribution in [0.1, 0.15) is 17.5 Å². The molecule has 0 heterocycles. The van der Waals surface area contributed by atoms with Gasteiger partial charge in [-0.1, -0.05) is 84.9 Å². The lowest BCUT2D eigenvalue weighted by atomic mass is 9.96.